The summed E-state index contributed by atoms with van der Waals surface area (Å²) in [6, 6.07) is 5.30. The molecule has 0 unspecified atom stereocenters. The van der Waals surface area contributed by atoms with E-state index in [1.165, 1.54) is 31.3 Å². The minimum Gasteiger partial charge on any atom is -0.330 e. The Morgan fingerprint density at radius 2 is 1.90 bits per heavy atom. The Morgan fingerprint density at radius 1 is 1.35 bits per heavy atom. The SMILES string of the molecule is CN(CC(C)(C)CN)S(=O)(=O)c1ccccc1[N+](=O)[O-]. The highest BCUT2D eigenvalue weighted by atomic mass is 32.2. The molecule has 0 saturated carbocycles. The molecule has 2 N–H and O–H groups in total. The summed E-state index contributed by atoms with van der Waals surface area (Å²) in [6.45, 7) is 4.15. The number of nitrogens with zero attached hydrogens (tertiary/aromatic N) is 2. The number of sulfonamides is 1. The molecule has 0 amide bonds. The first-order chi connectivity index (χ1) is 9.12. The van der Waals surface area contributed by atoms with Crippen LogP contribution in [0.4, 0.5) is 5.69 Å². The number of nitro groups is 1. The van der Waals surface area contributed by atoms with Crippen LogP contribution < -0.4 is 5.73 Å². The number of para-hydroxylation sites is 1. The molecule has 0 spiro atoms. The lowest BCUT2D eigenvalue weighted by molar-refractivity contribution is -0.387. The molecule has 0 aliphatic heterocycles. The smallest absolute Gasteiger partial charge is 0.289 e. The lowest BCUT2D eigenvalue weighted by Crippen LogP contribution is -2.39. The molecule has 0 aliphatic rings. The second-order valence-electron chi connectivity index (χ2n) is 5.35. The fourth-order valence-corrected chi connectivity index (χ4v) is 3.26. The van der Waals surface area contributed by atoms with E-state index >= 15 is 0 Å². The van der Waals surface area contributed by atoms with Crippen molar-refractivity contribution in [2.24, 2.45) is 11.1 Å². The van der Waals surface area contributed by atoms with Crippen molar-refractivity contribution in [1.29, 1.82) is 0 Å². The van der Waals surface area contributed by atoms with E-state index in [0.29, 0.717) is 6.54 Å². The Hall–Kier alpha value is -1.51. The molecule has 1 rings (SSSR count). The number of nitro benzene ring substituents is 1. The Labute approximate surface area is 118 Å². The van der Waals surface area contributed by atoms with Crippen LogP contribution in [0.3, 0.4) is 0 Å². The van der Waals surface area contributed by atoms with Gasteiger partial charge in [0.1, 0.15) is 0 Å². The topological polar surface area (TPSA) is 107 Å². The van der Waals surface area contributed by atoms with Crippen molar-refractivity contribution < 1.29 is 13.3 Å². The maximum atomic E-state index is 12.4. The van der Waals surface area contributed by atoms with Gasteiger partial charge in [0, 0.05) is 19.7 Å². The molecule has 0 fully saturated rings. The summed E-state index contributed by atoms with van der Waals surface area (Å²) in [4.78, 5) is 9.93. The van der Waals surface area contributed by atoms with Crippen LogP contribution >= 0.6 is 0 Å². The molecule has 0 aromatic heterocycles. The number of hydrogen-bond acceptors (Lipinski definition) is 5. The normalized spacial score (nSPS) is 12.7. The molecule has 0 bridgehead atoms. The van der Waals surface area contributed by atoms with Gasteiger partial charge in [-0.15, -0.1) is 0 Å². The van der Waals surface area contributed by atoms with Crippen molar-refractivity contribution >= 4 is 15.7 Å². The van der Waals surface area contributed by atoms with E-state index in [4.69, 9.17) is 5.73 Å². The van der Waals surface area contributed by atoms with E-state index in [-0.39, 0.29) is 11.4 Å². The summed E-state index contributed by atoms with van der Waals surface area (Å²) in [5, 5.41) is 10.9. The first kappa shape index (κ1) is 16.5. The highest BCUT2D eigenvalue weighted by molar-refractivity contribution is 7.89. The van der Waals surface area contributed by atoms with Gasteiger partial charge in [0.15, 0.2) is 4.90 Å². The van der Waals surface area contributed by atoms with Crippen molar-refractivity contribution in [2.45, 2.75) is 18.7 Å². The lowest BCUT2D eigenvalue weighted by atomic mass is 9.94. The molecule has 0 atom stereocenters. The Bertz CT molecular complexity index is 598. The maximum Gasteiger partial charge on any atom is 0.289 e. The van der Waals surface area contributed by atoms with Gasteiger partial charge in [-0.25, -0.2) is 12.7 Å². The average molecular weight is 301 g/mol. The van der Waals surface area contributed by atoms with Crippen molar-refractivity contribution in [1.82, 2.24) is 4.31 Å². The number of benzene rings is 1. The monoisotopic (exact) mass is 301 g/mol. The summed E-state index contributed by atoms with van der Waals surface area (Å²) in [7, 11) is -2.53. The Morgan fingerprint density at radius 3 is 2.40 bits per heavy atom. The predicted octanol–water partition coefficient (Wildman–Crippen LogP) is 1.20. The van der Waals surface area contributed by atoms with Gasteiger partial charge in [0.05, 0.1) is 4.92 Å². The molecule has 7 nitrogen and oxygen atoms in total. The third-order valence-electron chi connectivity index (χ3n) is 2.95. The summed E-state index contributed by atoms with van der Waals surface area (Å²) < 4.78 is 26.0. The highest BCUT2D eigenvalue weighted by Crippen LogP contribution is 2.27. The van der Waals surface area contributed by atoms with Crippen molar-refractivity contribution in [3.05, 3.63) is 34.4 Å². The van der Waals surface area contributed by atoms with Crippen LogP contribution in [0.25, 0.3) is 0 Å². The number of rotatable bonds is 6. The van der Waals surface area contributed by atoms with Crippen LogP contribution in [0, 0.1) is 15.5 Å². The molecule has 0 heterocycles. The molecule has 1 aromatic carbocycles. The zero-order chi connectivity index (χ0) is 15.6. The first-order valence-corrected chi connectivity index (χ1v) is 7.45. The van der Waals surface area contributed by atoms with Crippen molar-refractivity contribution in [3.8, 4) is 0 Å². The van der Waals surface area contributed by atoms with E-state index in [9.17, 15) is 18.5 Å². The zero-order valence-corrected chi connectivity index (χ0v) is 12.6. The van der Waals surface area contributed by atoms with Gasteiger partial charge in [0.25, 0.3) is 5.69 Å². The molecular formula is C12H19N3O4S. The summed E-state index contributed by atoms with van der Waals surface area (Å²) in [5.41, 5.74) is 4.75. The maximum absolute atomic E-state index is 12.4. The van der Waals surface area contributed by atoms with E-state index in [1.807, 2.05) is 13.8 Å². The second-order valence-corrected chi connectivity index (χ2v) is 7.37. The second kappa shape index (κ2) is 5.86. The molecule has 112 valence electrons. The largest absolute Gasteiger partial charge is 0.330 e. The molecule has 0 aliphatic carbocycles. The zero-order valence-electron chi connectivity index (χ0n) is 11.7. The minimum absolute atomic E-state index is 0.178. The van der Waals surface area contributed by atoms with Gasteiger partial charge in [-0.3, -0.25) is 10.1 Å². The lowest BCUT2D eigenvalue weighted by Gasteiger charge is -2.28. The molecule has 0 radical (unpaired) electrons. The van der Waals surface area contributed by atoms with Crippen LogP contribution in [-0.2, 0) is 10.0 Å². The number of nitrogens with two attached hydrogens (primary N) is 1. The summed E-state index contributed by atoms with van der Waals surface area (Å²) in [6.07, 6.45) is 0. The fourth-order valence-electron chi connectivity index (χ4n) is 1.75. The minimum atomic E-state index is -3.92. The van der Waals surface area contributed by atoms with E-state index in [1.54, 1.807) is 0 Å². The molecule has 20 heavy (non-hydrogen) atoms. The molecule has 0 saturated heterocycles. The standard InChI is InChI=1S/C12H19N3O4S/c1-12(2,8-13)9-14(3)20(18,19)11-7-5-4-6-10(11)15(16)17/h4-7H,8-9,13H2,1-3H3. The third-order valence-corrected chi connectivity index (χ3v) is 4.80. The van der Waals surface area contributed by atoms with Gasteiger partial charge in [-0.2, -0.15) is 0 Å². The van der Waals surface area contributed by atoms with E-state index in [2.05, 4.69) is 0 Å². The highest BCUT2D eigenvalue weighted by Gasteiger charge is 2.32. The Kier molecular flexibility index (Phi) is 4.85. The van der Waals surface area contributed by atoms with Gasteiger partial charge < -0.3 is 5.73 Å². The van der Waals surface area contributed by atoms with Crippen molar-refractivity contribution in [3.63, 3.8) is 0 Å². The van der Waals surface area contributed by atoms with E-state index < -0.39 is 26.0 Å². The van der Waals surface area contributed by atoms with Crippen LogP contribution in [0.2, 0.25) is 0 Å². The number of hydrogen-bond donors (Lipinski definition) is 1. The van der Waals surface area contributed by atoms with Crippen LogP contribution in [0.5, 0.6) is 0 Å². The molecule has 8 heteroatoms. The fraction of sp³-hybridized carbons (Fsp3) is 0.500. The van der Waals surface area contributed by atoms with E-state index in [0.717, 1.165) is 4.31 Å². The third kappa shape index (κ3) is 3.53. The quantitative estimate of drug-likeness (QED) is 0.627. The summed E-state index contributed by atoms with van der Waals surface area (Å²) >= 11 is 0. The average Bonchev–Trinajstić information content (AvgIpc) is 2.38. The van der Waals surface area contributed by atoms with Gasteiger partial charge in [-0.1, -0.05) is 26.0 Å². The van der Waals surface area contributed by atoms with Crippen LogP contribution in [0.1, 0.15) is 13.8 Å². The Balaban J connectivity index is 3.21. The van der Waals surface area contributed by atoms with Gasteiger partial charge >= 0.3 is 0 Å². The van der Waals surface area contributed by atoms with Crippen molar-refractivity contribution in [2.75, 3.05) is 20.1 Å². The first-order valence-electron chi connectivity index (χ1n) is 6.01. The van der Waals surface area contributed by atoms with Gasteiger partial charge in [0.2, 0.25) is 10.0 Å². The van der Waals surface area contributed by atoms with Crippen LogP contribution in [0.15, 0.2) is 29.2 Å². The summed E-state index contributed by atoms with van der Waals surface area (Å²) in [5.74, 6) is 0. The molecular weight excluding hydrogens is 282 g/mol. The predicted molar refractivity (Wildman–Crippen MR) is 75.7 cm³/mol. The van der Waals surface area contributed by atoms with Gasteiger partial charge in [-0.05, 0) is 18.0 Å². The van der Waals surface area contributed by atoms with Crippen LogP contribution in [-0.4, -0.2) is 37.8 Å². The molecule has 1 aromatic rings.